The third-order valence-electron chi connectivity index (χ3n) is 3.79. The van der Waals surface area contributed by atoms with Gasteiger partial charge < -0.3 is 4.42 Å². The Morgan fingerprint density at radius 2 is 1.81 bits per heavy atom. The number of rotatable bonds is 2. The quantitative estimate of drug-likeness (QED) is 0.714. The van der Waals surface area contributed by atoms with Gasteiger partial charge in [-0.15, -0.1) is 0 Å². The molecule has 2 aromatic rings. The fourth-order valence-electron chi connectivity index (χ4n) is 2.87. The van der Waals surface area contributed by atoms with Gasteiger partial charge in [0.05, 0.1) is 12.5 Å². The van der Waals surface area contributed by atoms with E-state index in [1.807, 2.05) is 12.5 Å². The smallest absolute Gasteiger partial charge is 0.0981 e. The van der Waals surface area contributed by atoms with Gasteiger partial charge in [-0.1, -0.05) is 44.2 Å². The minimum atomic E-state index is 0.915. The third kappa shape index (κ3) is 1.99. The number of hydrogen-bond acceptors (Lipinski definition) is 1. The minimum absolute atomic E-state index is 0.915. The van der Waals surface area contributed by atoms with Gasteiger partial charge in [-0.05, 0) is 24.0 Å². The van der Waals surface area contributed by atoms with Crippen molar-refractivity contribution in [3.63, 3.8) is 0 Å². The largest absolute Gasteiger partial charge is 0.471 e. The summed E-state index contributed by atoms with van der Waals surface area (Å²) in [6.07, 6.45) is 12.1. The molecule has 1 aromatic heterocycles. The van der Waals surface area contributed by atoms with E-state index < -0.39 is 0 Å². The molecule has 1 heteroatoms. The number of furan rings is 1. The summed E-state index contributed by atoms with van der Waals surface area (Å²) < 4.78 is 5.21. The molecule has 16 heavy (non-hydrogen) atoms. The molecule has 0 radical (unpaired) electrons. The van der Waals surface area contributed by atoms with Gasteiger partial charge in [-0.3, -0.25) is 0 Å². The van der Waals surface area contributed by atoms with Gasteiger partial charge in [0.25, 0.3) is 0 Å². The van der Waals surface area contributed by atoms with E-state index in [1.165, 1.54) is 54.9 Å². The molecule has 1 aromatic carbocycles. The first-order valence-corrected chi connectivity index (χ1v) is 6.37. The second-order valence-electron chi connectivity index (χ2n) is 5.04. The molecule has 1 saturated carbocycles. The summed E-state index contributed by atoms with van der Waals surface area (Å²) in [6.45, 7) is 0. The molecule has 0 N–H and O–H groups in total. The Morgan fingerprint density at radius 3 is 2.69 bits per heavy atom. The highest BCUT2D eigenvalue weighted by atomic mass is 16.3. The maximum atomic E-state index is 5.21. The molecule has 1 heterocycles. The van der Waals surface area contributed by atoms with Gasteiger partial charge in [-0.25, -0.2) is 0 Å². The normalized spacial score (nSPS) is 18.0. The summed E-state index contributed by atoms with van der Waals surface area (Å²) in [7, 11) is 0. The van der Waals surface area contributed by atoms with Gasteiger partial charge in [-0.2, -0.15) is 0 Å². The first kappa shape index (κ1) is 9.95. The van der Waals surface area contributed by atoms with Crippen molar-refractivity contribution < 1.29 is 4.42 Å². The van der Waals surface area contributed by atoms with E-state index in [9.17, 15) is 0 Å². The summed E-state index contributed by atoms with van der Waals surface area (Å²) >= 11 is 0. The van der Waals surface area contributed by atoms with Crippen LogP contribution in [0.15, 0.2) is 35.1 Å². The van der Waals surface area contributed by atoms with Gasteiger partial charge in [0.1, 0.15) is 0 Å². The van der Waals surface area contributed by atoms with E-state index >= 15 is 0 Å². The van der Waals surface area contributed by atoms with Crippen molar-refractivity contribution in [2.45, 2.75) is 38.5 Å². The van der Waals surface area contributed by atoms with Crippen LogP contribution in [0.5, 0.6) is 0 Å². The Labute approximate surface area is 96.5 Å². The molecule has 0 amide bonds. The van der Waals surface area contributed by atoms with Crippen LogP contribution in [0.2, 0.25) is 0 Å². The van der Waals surface area contributed by atoms with Gasteiger partial charge >= 0.3 is 0 Å². The van der Waals surface area contributed by atoms with Gasteiger partial charge in [0, 0.05) is 10.8 Å². The van der Waals surface area contributed by atoms with Crippen molar-refractivity contribution in [1.29, 1.82) is 0 Å². The summed E-state index contributed by atoms with van der Waals surface area (Å²) in [4.78, 5) is 0. The van der Waals surface area contributed by atoms with Crippen LogP contribution in [0.4, 0.5) is 0 Å². The first-order chi connectivity index (χ1) is 7.92. The predicted octanol–water partition coefficient (Wildman–Crippen LogP) is 4.56. The van der Waals surface area contributed by atoms with E-state index in [0.717, 1.165) is 5.92 Å². The van der Waals surface area contributed by atoms with E-state index in [-0.39, 0.29) is 0 Å². The predicted molar refractivity (Wildman–Crippen MR) is 66.5 cm³/mol. The molecule has 0 saturated heterocycles. The molecule has 0 bridgehead atoms. The average Bonchev–Trinajstić information content (AvgIpc) is 2.77. The Bertz CT molecular complexity index is 463. The molecule has 0 atom stereocenters. The number of hydrogen-bond donors (Lipinski definition) is 0. The zero-order valence-corrected chi connectivity index (χ0v) is 9.61. The second kappa shape index (κ2) is 4.32. The van der Waals surface area contributed by atoms with Crippen LogP contribution in [0.25, 0.3) is 10.8 Å². The Balaban J connectivity index is 1.77. The van der Waals surface area contributed by atoms with Crippen molar-refractivity contribution in [1.82, 2.24) is 0 Å². The standard InChI is InChI=1S/C15H18O/c1-2-4-12(5-3-1)8-13-6-7-14-10-16-11-15(14)9-13/h6-7,9-12H,1-5,8H2. The number of fused-ring (bicyclic) bond motifs is 1. The zero-order valence-electron chi connectivity index (χ0n) is 9.61. The van der Waals surface area contributed by atoms with Gasteiger partial charge in [0.2, 0.25) is 0 Å². The third-order valence-corrected chi connectivity index (χ3v) is 3.79. The lowest BCUT2D eigenvalue weighted by Gasteiger charge is -2.21. The van der Waals surface area contributed by atoms with Crippen LogP contribution in [-0.4, -0.2) is 0 Å². The van der Waals surface area contributed by atoms with Crippen LogP contribution in [0, 0.1) is 5.92 Å². The molecule has 3 rings (SSSR count). The van der Waals surface area contributed by atoms with Crippen molar-refractivity contribution in [3.05, 3.63) is 36.3 Å². The minimum Gasteiger partial charge on any atom is -0.471 e. The average molecular weight is 214 g/mol. The Morgan fingerprint density at radius 1 is 1.00 bits per heavy atom. The zero-order chi connectivity index (χ0) is 10.8. The maximum absolute atomic E-state index is 5.21. The number of benzene rings is 1. The summed E-state index contributed by atoms with van der Waals surface area (Å²) in [5.41, 5.74) is 1.47. The molecular weight excluding hydrogens is 196 g/mol. The SMILES string of the molecule is c1cc2cocc2cc1CC1CCCCC1. The first-order valence-electron chi connectivity index (χ1n) is 6.37. The van der Waals surface area contributed by atoms with Crippen molar-refractivity contribution >= 4 is 10.8 Å². The molecule has 0 aliphatic heterocycles. The van der Waals surface area contributed by atoms with Crippen molar-refractivity contribution in [2.75, 3.05) is 0 Å². The summed E-state index contributed by atoms with van der Waals surface area (Å²) in [6, 6.07) is 6.72. The van der Waals surface area contributed by atoms with Crippen LogP contribution in [-0.2, 0) is 6.42 Å². The Hall–Kier alpha value is -1.24. The van der Waals surface area contributed by atoms with Crippen LogP contribution >= 0.6 is 0 Å². The molecule has 1 aliphatic carbocycles. The lowest BCUT2D eigenvalue weighted by atomic mass is 9.85. The molecule has 0 spiro atoms. The lowest BCUT2D eigenvalue weighted by molar-refractivity contribution is 0.357. The van der Waals surface area contributed by atoms with Crippen LogP contribution in [0.3, 0.4) is 0 Å². The highest BCUT2D eigenvalue weighted by Gasteiger charge is 2.13. The summed E-state index contributed by atoms with van der Waals surface area (Å²) in [5, 5.41) is 2.46. The van der Waals surface area contributed by atoms with Crippen LogP contribution < -0.4 is 0 Å². The van der Waals surface area contributed by atoms with E-state index in [0.29, 0.717) is 0 Å². The fourth-order valence-corrected chi connectivity index (χ4v) is 2.87. The van der Waals surface area contributed by atoms with Gasteiger partial charge in [0.15, 0.2) is 0 Å². The molecule has 1 nitrogen and oxygen atoms in total. The fraction of sp³-hybridized carbons (Fsp3) is 0.467. The molecular formula is C15H18O. The van der Waals surface area contributed by atoms with E-state index in [1.54, 1.807) is 0 Å². The molecule has 1 fully saturated rings. The van der Waals surface area contributed by atoms with E-state index in [4.69, 9.17) is 4.42 Å². The van der Waals surface area contributed by atoms with Crippen molar-refractivity contribution in [2.24, 2.45) is 5.92 Å². The molecule has 1 aliphatic rings. The van der Waals surface area contributed by atoms with Crippen LogP contribution in [0.1, 0.15) is 37.7 Å². The maximum Gasteiger partial charge on any atom is 0.0981 e. The monoisotopic (exact) mass is 214 g/mol. The highest BCUT2D eigenvalue weighted by molar-refractivity contribution is 5.81. The topological polar surface area (TPSA) is 13.1 Å². The van der Waals surface area contributed by atoms with E-state index in [2.05, 4.69) is 18.2 Å². The van der Waals surface area contributed by atoms with Crippen molar-refractivity contribution in [3.8, 4) is 0 Å². The highest BCUT2D eigenvalue weighted by Crippen LogP contribution is 2.28. The lowest BCUT2D eigenvalue weighted by Crippen LogP contribution is -2.08. The summed E-state index contributed by atoms with van der Waals surface area (Å²) in [5.74, 6) is 0.915. The molecule has 84 valence electrons. The molecule has 0 unspecified atom stereocenters. The second-order valence-corrected chi connectivity index (χ2v) is 5.04. The Kier molecular flexibility index (Phi) is 2.69.